The van der Waals surface area contributed by atoms with Gasteiger partial charge in [0.15, 0.2) is 6.29 Å². The van der Waals surface area contributed by atoms with Crippen LogP contribution in [-0.4, -0.2) is 19.8 Å². The lowest BCUT2D eigenvalue weighted by molar-refractivity contribution is -0.0457. The zero-order valence-electron chi connectivity index (χ0n) is 9.24. The van der Waals surface area contributed by atoms with E-state index in [2.05, 4.69) is 22.9 Å². The van der Waals surface area contributed by atoms with Gasteiger partial charge in [0.05, 0.1) is 19.8 Å². The first kappa shape index (κ1) is 11.9. The van der Waals surface area contributed by atoms with Crippen molar-refractivity contribution < 1.29 is 14.2 Å². The Morgan fingerprint density at radius 1 is 1.38 bits per heavy atom. The molecule has 0 amide bonds. The lowest BCUT2D eigenvalue weighted by Gasteiger charge is -2.15. The highest BCUT2D eigenvalue weighted by atomic mass is 79.9. The van der Waals surface area contributed by atoms with Gasteiger partial charge in [0, 0.05) is 10.0 Å². The van der Waals surface area contributed by atoms with E-state index in [4.69, 9.17) is 14.2 Å². The van der Waals surface area contributed by atoms with E-state index in [1.165, 1.54) is 0 Å². The Balaban J connectivity index is 2.20. The van der Waals surface area contributed by atoms with Gasteiger partial charge in [-0.25, -0.2) is 0 Å². The number of hydrogen-bond donors (Lipinski definition) is 0. The van der Waals surface area contributed by atoms with Crippen LogP contribution in [0, 0.1) is 0 Å². The van der Waals surface area contributed by atoms with Crippen molar-refractivity contribution in [2.45, 2.75) is 19.6 Å². The first-order chi connectivity index (χ1) is 7.81. The topological polar surface area (TPSA) is 27.7 Å². The number of halogens is 1. The zero-order chi connectivity index (χ0) is 11.4. The van der Waals surface area contributed by atoms with Gasteiger partial charge in [0.2, 0.25) is 0 Å². The zero-order valence-corrected chi connectivity index (χ0v) is 10.8. The van der Waals surface area contributed by atoms with Gasteiger partial charge in [0.1, 0.15) is 5.75 Å². The van der Waals surface area contributed by atoms with E-state index in [0.29, 0.717) is 19.8 Å². The molecule has 4 heteroatoms. The number of benzene rings is 1. The minimum absolute atomic E-state index is 0.278. The molecule has 3 nitrogen and oxygen atoms in total. The summed E-state index contributed by atoms with van der Waals surface area (Å²) >= 11 is 3.44. The van der Waals surface area contributed by atoms with E-state index < -0.39 is 0 Å². The smallest absolute Gasteiger partial charge is 0.187 e. The monoisotopic (exact) mass is 286 g/mol. The van der Waals surface area contributed by atoms with Crippen molar-refractivity contribution in [1.29, 1.82) is 0 Å². The van der Waals surface area contributed by atoms with Gasteiger partial charge >= 0.3 is 0 Å². The summed E-state index contributed by atoms with van der Waals surface area (Å²) in [7, 11) is 0. The highest BCUT2D eigenvalue weighted by Crippen LogP contribution is 2.33. The molecule has 2 rings (SSSR count). The predicted octanol–water partition coefficient (Wildman–Crippen LogP) is 3.28. The van der Waals surface area contributed by atoms with Gasteiger partial charge < -0.3 is 14.2 Å². The first-order valence-corrected chi connectivity index (χ1v) is 6.26. The maximum atomic E-state index is 5.69. The molecule has 1 saturated heterocycles. The summed E-state index contributed by atoms with van der Waals surface area (Å²) in [4.78, 5) is 0. The maximum Gasteiger partial charge on any atom is 0.187 e. The van der Waals surface area contributed by atoms with Gasteiger partial charge in [0.25, 0.3) is 0 Å². The molecule has 0 saturated carbocycles. The predicted molar refractivity (Wildman–Crippen MR) is 64.6 cm³/mol. The average molecular weight is 287 g/mol. The normalized spacial score (nSPS) is 16.6. The molecule has 0 radical (unpaired) electrons. The molecule has 1 fully saturated rings. The molecule has 0 atom stereocenters. The molecule has 0 bridgehead atoms. The van der Waals surface area contributed by atoms with Crippen molar-refractivity contribution in [2.24, 2.45) is 0 Å². The number of ether oxygens (including phenoxy) is 3. The largest absolute Gasteiger partial charge is 0.493 e. The van der Waals surface area contributed by atoms with Gasteiger partial charge in [-0.2, -0.15) is 0 Å². The lowest BCUT2D eigenvalue weighted by Crippen LogP contribution is -2.04. The highest BCUT2D eigenvalue weighted by molar-refractivity contribution is 9.10. The molecule has 1 aromatic carbocycles. The molecule has 0 aromatic heterocycles. The second kappa shape index (κ2) is 5.66. The summed E-state index contributed by atoms with van der Waals surface area (Å²) in [6.45, 7) is 4.08. The fraction of sp³-hybridized carbons (Fsp3) is 0.500. The highest BCUT2D eigenvalue weighted by Gasteiger charge is 2.22. The molecule has 1 heterocycles. The summed E-state index contributed by atoms with van der Waals surface area (Å²) < 4.78 is 17.7. The Hall–Kier alpha value is -0.580. The summed E-state index contributed by atoms with van der Waals surface area (Å²) in [6.07, 6.45) is 0.707. The van der Waals surface area contributed by atoms with Crippen molar-refractivity contribution in [3.05, 3.63) is 28.2 Å². The van der Waals surface area contributed by atoms with Crippen molar-refractivity contribution in [2.75, 3.05) is 19.8 Å². The second-order valence-corrected chi connectivity index (χ2v) is 4.52. The molecule has 16 heavy (non-hydrogen) atoms. The Labute approximate surface area is 104 Å². The number of hydrogen-bond acceptors (Lipinski definition) is 3. The molecule has 0 N–H and O–H groups in total. The minimum Gasteiger partial charge on any atom is -0.493 e. The molecule has 1 aliphatic heterocycles. The van der Waals surface area contributed by atoms with E-state index in [1.807, 2.05) is 18.2 Å². The van der Waals surface area contributed by atoms with Crippen LogP contribution >= 0.6 is 15.9 Å². The Bertz CT molecular complexity index is 348. The van der Waals surface area contributed by atoms with Crippen LogP contribution in [0.3, 0.4) is 0 Å². The Morgan fingerprint density at radius 3 is 2.81 bits per heavy atom. The van der Waals surface area contributed by atoms with Gasteiger partial charge in [-0.05, 0) is 24.6 Å². The molecular weight excluding hydrogens is 272 g/mol. The van der Waals surface area contributed by atoms with E-state index >= 15 is 0 Å². The molecular formula is C12H15BrO3. The molecule has 0 aliphatic carbocycles. The summed E-state index contributed by atoms with van der Waals surface area (Å²) in [5.74, 6) is 0.836. The lowest BCUT2D eigenvalue weighted by atomic mass is 10.2. The molecule has 0 spiro atoms. The first-order valence-electron chi connectivity index (χ1n) is 5.46. The van der Waals surface area contributed by atoms with E-state index in [1.54, 1.807) is 0 Å². The summed E-state index contributed by atoms with van der Waals surface area (Å²) in [6, 6.07) is 5.90. The van der Waals surface area contributed by atoms with Crippen LogP contribution in [0.4, 0.5) is 0 Å². The van der Waals surface area contributed by atoms with Crippen LogP contribution in [0.2, 0.25) is 0 Å². The van der Waals surface area contributed by atoms with Crippen LogP contribution in [0.1, 0.15) is 25.2 Å². The quantitative estimate of drug-likeness (QED) is 0.850. The van der Waals surface area contributed by atoms with E-state index in [9.17, 15) is 0 Å². The molecule has 0 unspecified atom stereocenters. The summed E-state index contributed by atoms with van der Waals surface area (Å²) in [5.41, 5.74) is 0.967. The fourth-order valence-corrected chi connectivity index (χ4v) is 1.92. The van der Waals surface area contributed by atoms with Crippen molar-refractivity contribution in [3.63, 3.8) is 0 Å². The molecule has 1 aromatic rings. The van der Waals surface area contributed by atoms with Crippen molar-refractivity contribution >= 4 is 15.9 Å². The molecule has 88 valence electrons. The van der Waals surface area contributed by atoms with Crippen LogP contribution in [0.5, 0.6) is 5.75 Å². The Morgan fingerprint density at radius 2 is 2.12 bits per heavy atom. The van der Waals surface area contributed by atoms with Crippen LogP contribution in [-0.2, 0) is 9.47 Å². The van der Waals surface area contributed by atoms with Crippen molar-refractivity contribution in [1.82, 2.24) is 0 Å². The third-order valence-electron chi connectivity index (χ3n) is 2.31. The fourth-order valence-electron chi connectivity index (χ4n) is 1.58. The second-order valence-electron chi connectivity index (χ2n) is 3.60. The van der Waals surface area contributed by atoms with Gasteiger partial charge in [-0.15, -0.1) is 0 Å². The van der Waals surface area contributed by atoms with E-state index in [-0.39, 0.29) is 6.29 Å². The van der Waals surface area contributed by atoms with Crippen LogP contribution in [0.25, 0.3) is 0 Å². The summed E-state index contributed by atoms with van der Waals surface area (Å²) in [5, 5.41) is 0. The van der Waals surface area contributed by atoms with Crippen LogP contribution in [0.15, 0.2) is 22.7 Å². The minimum atomic E-state index is -0.278. The Kier molecular flexibility index (Phi) is 4.21. The number of rotatable bonds is 4. The average Bonchev–Trinajstić information content (AvgIpc) is 2.80. The third-order valence-corrected chi connectivity index (χ3v) is 2.81. The van der Waals surface area contributed by atoms with E-state index in [0.717, 1.165) is 22.2 Å². The molecule has 1 aliphatic rings. The standard InChI is InChI=1S/C12H15BrO3/c1-2-5-14-11-8-9(13)3-4-10(11)12-15-6-7-16-12/h3-4,8,12H,2,5-7H2,1H3. The SMILES string of the molecule is CCCOc1cc(Br)ccc1C1OCCO1. The van der Waals surface area contributed by atoms with Gasteiger partial charge in [-0.1, -0.05) is 22.9 Å². The van der Waals surface area contributed by atoms with Gasteiger partial charge in [-0.3, -0.25) is 0 Å². The van der Waals surface area contributed by atoms with Crippen LogP contribution < -0.4 is 4.74 Å². The third kappa shape index (κ3) is 2.75. The van der Waals surface area contributed by atoms with Crippen molar-refractivity contribution in [3.8, 4) is 5.75 Å². The maximum absolute atomic E-state index is 5.69.